The van der Waals surface area contributed by atoms with Gasteiger partial charge in [-0.1, -0.05) is 26.7 Å². The summed E-state index contributed by atoms with van der Waals surface area (Å²) in [5, 5.41) is 0. The van der Waals surface area contributed by atoms with Crippen LogP contribution in [0, 0.1) is 0 Å². The van der Waals surface area contributed by atoms with E-state index in [0.717, 1.165) is 12.8 Å². The van der Waals surface area contributed by atoms with Crippen molar-refractivity contribution in [2.24, 2.45) is 5.73 Å². The lowest BCUT2D eigenvalue weighted by Crippen LogP contribution is -2.49. The molecule has 0 bridgehead atoms. The van der Waals surface area contributed by atoms with E-state index in [1.165, 1.54) is 0 Å². The molecule has 1 atom stereocenters. The van der Waals surface area contributed by atoms with E-state index in [2.05, 4.69) is 9.47 Å². The highest BCUT2D eigenvalue weighted by molar-refractivity contribution is 5.79. The van der Waals surface area contributed by atoms with Crippen molar-refractivity contribution in [3.8, 4) is 0 Å². The first kappa shape index (κ1) is 18.8. The molecule has 0 unspecified atom stereocenters. The van der Waals surface area contributed by atoms with Crippen molar-refractivity contribution in [3.05, 3.63) is 0 Å². The number of alkyl halides is 2. The molecule has 0 saturated heterocycles. The second-order valence-corrected chi connectivity index (χ2v) is 4.51. The largest absolute Gasteiger partial charge is 0.466 e. The van der Waals surface area contributed by atoms with Gasteiger partial charge in [0.05, 0.1) is 13.2 Å². The zero-order chi connectivity index (χ0) is 15.6. The summed E-state index contributed by atoms with van der Waals surface area (Å²) in [4.78, 5) is 22.5. The third kappa shape index (κ3) is 7.37. The smallest absolute Gasteiger partial charge is 0.329 e. The highest BCUT2D eigenvalue weighted by Gasteiger charge is 2.45. The van der Waals surface area contributed by atoms with E-state index in [1.807, 2.05) is 13.8 Å². The van der Waals surface area contributed by atoms with Crippen LogP contribution in [0.3, 0.4) is 0 Å². The average Bonchev–Trinajstić information content (AvgIpc) is 2.37. The van der Waals surface area contributed by atoms with E-state index in [4.69, 9.17) is 5.73 Å². The molecular formula is C13H23F2NO4. The predicted molar refractivity (Wildman–Crippen MR) is 69.3 cm³/mol. The molecule has 0 rings (SSSR count). The Morgan fingerprint density at radius 1 is 1.10 bits per heavy atom. The Balaban J connectivity index is 4.24. The molecule has 0 aromatic rings. The fraction of sp³-hybridized carbons (Fsp3) is 0.846. The third-order valence-corrected chi connectivity index (χ3v) is 2.59. The fourth-order valence-electron chi connectivity index (χ4n) is 1.26. The molecule has 118 valence electrons. The number of hydrogen-bond acceptors (Lipinski definition) is 5. The molecule has 0 aliphatic rings. The van der Waals surface area contributed by atoms with Crippen LogP contribution < -0.4 is 5.73 Å². The first-order valence-corrected chi connectivity index (χ1v) is 6.80. The zero-order valence-electron chi connectivity index (χ0n) is 12.0. The molecule has 2 N–H and O–H groups in total. The van der Waals surface area contributed by atoms with E-state index in [-0.39, 0.29) is 13.2 Å². The number of halogens is 2. The maximum atomic E-state index is 13.6. The van der Waals surface area contributed by atoms with Crippen LogP contribution in [0.25, 0.3) is 0 Å². The van der Waals surface area contributed by atoms with Gasteiger partial charge in [0.1, 0.15) is 6.42 Å². The summed E-state index contributed by atoms with van der Waals surface area (Å²) in [5.74, 6) is -5.95. The lowest BCUT2D eigenvalue weighted by Gasteiger charge is -2.21. The van der Waals surface area contributed by atoms with Gasteiger partial charge >= 0.3 is 11.9 Å². The number of unbranched alkanes of at least 4 members (excludes halogenated alkanes) is 2. The molecule has 5 nitrogen and oxygen atoms in total. The van der Waals surface area contributed by atoms with Gasteiger partial charge < -0.3 is 15.2 Å². The summed E-state index contributed by atoms with van der Waals surface area (Å²) in [6, 6.07) is -2.15. The Morgan fingerprint density at radius 2 is 1.60 bits per heavy atom. The average molecular weight is 295 g/mol. The van der Waals surface area contributed by atoms with E-state index >= 15 is 0 Å². The Labute approximate surface area is 117 Å². The molecule has 0 aromatic carbocycles. The lowest BCUT2D eigenvalue weighted by molar-refractivity contribution is -0.162. The maximum absolute atomic E-state index is 13.6. The summed E-state index contributed by atoms with van der Waals surface area (Å²) < 4.78 is 36.5. The quantitative estimate of drug-likeness (QED) is 0.493. The topological polar surface area (TPSA) is 78.6 Å². The monoisotopic (exact) mass is 295 g/mol. The normalized spacial score (nSPS) is 12.8. The highest BCUT2D eigenvalue weighted by atomic mass is 19.3. The van der Waals surface area contributed by atoms with Crippen LogP contribution in [0.1, 0.15) is 46.0 Å². The van der Waals surface area contributed by atoms with Gasteiger partial charge in [-0.15, -0.1) is 0 Å². The zero-order valence-corrected chi connectivity index (χ0v) is 12.0. The van der Waals surface area contributed by atoms with Crippen molar-refractivity contribution < 1.29 is 27.8 Å². The number of rotatable bonds is 10. The first-order valence-electron chi connectivity index (χ1n) is 6.80. The van der Waals surface area contributed by atoms with Crippen molar-refractivity contribution in [2.45, 2.75) is 57.9 Å². The van der Waals surface area contributed by atoms with Crippen molar-refractivity contribution >= 4 is 11.9 Å². The molecule has 20 heavy (non-hydrogen) atoms. The molecule has 0 fully saturated rings. The van der Waals surface area contributed by atoms with Gasteiger partial charge in [-0.3, -0.25) is 9.59 Å². The standard InChI is InChI=1S/C13H23F2NO4/c1-3-5-7-19-10(17)9-13(14,15)11(16)12(18)20-8-6-4-2/h11H,3-9,16H2,1-2H3/t11-/m1/s1. The molecule has 0 aliphatic heterocycles. The molecular weight excluding hydrogens is 272 g/mol. The Hall–Kier alpha value is -1.24. The van der Waals surface area contributed by atoms with Crippen LogP contribution >= 0.6 is 0 Å². The number of ether oxygens (including phenoxy) is 2. The number of carbonyl (C=O) groups excluding carboxylic acids is 2. The van der Waals surface area contributed by atoms with E-state index in [9.17, 15) is 18.4 Å². The number of nitrogens with two attached hydrogens (primary N) is 1. The van der Waals surface area contributed by atoms with Gasteiger partial charge in [-0.2, -0.15) is 0 Å². The Kier molecular flexibility index (Phi) is 9.03. The minimum Gasteiger partial charge on any atom is -0.466 e. The number of esters is 2. The second-order valence-electron chi connectivity index (χ2n) is 4.51. The summed E-state index contributed by atoms with van der Waals surface area (Å²) in [6.45, 7) is 3.88. The van der Waals surface area contributed by atoms with Gasteiger partial charge in [-0.05, 0) is 12.8 Å². The first-order chi connectivity index (χ1) is 9.35. The molecule has 0 spiro atoms. The van der Waals surface area contributed by atoms with Crippen molar-refractivity contribution in [2.75, 3.05) is 13.2 Å². The third-order valence-electron chi connectivity index (χ3n) is 2.59. The van der Waals surface area contributed by atoms with Crippen LogP contribution in [0.5, 0.6) is 0 Å². The summed E-state index contributed by atoms with van der Waals surface area (Å²) in [6.07, 6.45) is 1.50. The van der Waals surface area contributed by atoms with Gasteiger partial charge in [0.15, 0.2) is 6.04 Å². The summed E-state index contributed by atoms with van der Waals surface area (Å²) >= 11 is 0. The van der Waals surface area contributed by atoms with Crippen molar-refractivity contribution in [1.29, 1.82) is 0 Å². The highest BCUT2D eigenvalue weighted by Crippen LogP contribution is 2.23. The molecule has 0 saturated carbocycles. The maximum Gasteiger partial charge on any atom is 0.329 e. The molecule has 0 amide bonds. The Morgan fingerprint density at radius 3 is 2.10 bits per heavy atom. The van der Waals surface area contributed by atoms with Crippen LogP contribution in [-0.2, 0) is 19.1 Å². The van der Waals surface area contributed by atoms with Crippen LogP contribution in [0.15, 0.2) is 0 Å². The summed E-state index contributed by atoms with van der Waals surface area (Å²) in [7, 11) is 0. The van der Waals surface area contributed by atoms with E-state index in [0.29, 0.717) is 12.8 Å². The van der Waals surface area contributed by atoms with Gasteiger partial charge in [-0.25, -0.2) is 8.78 Å². The predicted octanol–water partition coefficient (Wildman–Crippen LogP) is 2.03. The van der Waals surface area contributed by atoms with Gasteiger partial charge in [0.25, 0.3) is 5.92 Å². The minimum atomic E-state index is -3.67. The Bertz CT molecular complexity index is 311. The summed E-state index contributed by atoms with van der Waals surface area (Å²) in [5.41, 5.74) is 5.15. The second kappa shape index (κ2) is 9.63. The molecule has 0 radical (unpaired) electrons. The molecule has 0 aliphatic carbocycles. The van der Waals surface area contributed by atoms with Crippen LogP contribution in [0.2, 0.25) is 0 Å². The van der Waals surface area contributed by atoms with E-state index in [1.54, 1.807) is 0 Å². The number of carbonyl (C=O) groups is 2. The lowest BCUT2D eigenvalue weighted by atomic mass is 10.1. The molecule has 0 heterocycles. The van der Waals surface area contributed by atoms with Crippen LogP contribution in [0.4, 0.5) is 8.78 Å². The SMILES string of the molecule is CCCCOC(=O)CC(F)(F)[C@H](N)C(=O)OCCCC. The van der Waals surface area contributed by atoms with Gasteiger partial charge in [0, 0.05) is 0 Å². The fourth-order valence-corrected chi connectivity index (χ4v) is 1.26. The van der Waals surface area contributed by atoms with E-state index < -0.39 is 30.3 Å². The van der Waals surface area contributed by atoms with Crippen molar-refractivity contribution in [3.63, 3.8) is 0 Å². The molecule has 7 heteroatoms. The van der Waals surface area contributed by atoms with Crippen LogP contribution in [-0.4, -0.2) is 37.1 Å². The van der Waals surface area contributed by atoms with Gasteiger partial charge in [0.2, 0.25) is 0 Å². The minimum absolute atomic E-state index is 0.0417. The molecule has 0 aromatic heterocycles. The van der Waals surface area contributed by atoms with Crippen molar-refractivity contribution in [1.82, 2.24) is 0 Å². The number of hydrogen-bond donors (Lipinski definition) is 1.